The Morgan fingerprint density at radius 1 is 0.964 bits per heavy atom. The van der Waals surface area contributed by atoms with E-state index in [4.69, 9.17) is 5.14 Å². The van der Waals surface area contributed by atoms with Crippen molar-refractivity contribution in [3.63, 3.8) is 0 Å². The Morgan fingerprint density at radius 3 is 1.96 bits per heavy atom. The molecular weight excluding hydrogens is 400 g/mol. The molecule has 0 spiro atoms. The number of nitrogens with zero attached hydrogens (tertiary/aromatic N) is 1. The van der Waals surface area contributed by atoms with Gasteiger partial charge in [-0.05, 0) is 41.8 Å². The van der Waals surface area contributed by atoms with Crippen molar-refractivity contribution < 1.29 is 16.8 Å². The second-order valence-corrected chi connectivity index (χ2v) is 9.89. The molecule has 8 nitrogen and oxygen atoms in total. The minimum atomic E-state index is -3.70. The molecule has 0 aromatic heterocycles. The van der Waals surface area contributed by atoms with Crippen LogP contribution in [0, 0.1) is 6.92 Å². The zero-order valence-electron chi connectivity index (χ0n) is 15.9. The van der Waals surface area contributed by atoms with Gasteiger partial charge in [-0.3, -0.25) is 4.99 Å². The molecule has 0 fully saturated rings. The minimum absolute atomic E-state index is 0.0617. The summed E-state index contributed by atoms with van der Waals surface area (Å²) in [4.78, 5) is 4.52. The van der Waals surface area contributed by atoms with Crippen LogP contribution in [0.25, 0.3) is 0 Å². The Hall–Kier alpha value is -2.43. The van der Waals surface area contributed by atoms with Crippen LogP contribution in [0.15, 0.2) is 57.2 Å². The van der Waals surface area contributed by atoms with E-state index in [1.54, 1.807) is 38.2 Å². The van der Waals surface area contributed by atoms with Crippen LogP contribution >= 0.6 is 0 Å². The molecule has 10 heteroatoms. The molecule has 152 valence electrons. The second-order valence-electron chi connectivity index (χ2n) is 6.34. The van der Waals surface area contributed by atoms with E-state index in [0.717, 1.165) is 11.1 Å². The maximum atomic E-state index is 11.7. The number of sulfonamides is 1. The van der Waals surface area contributed by atoms with E-state index >= 15 is 0 Å². The molecule has 0 aliphatic heterocycles. The Morgan fingerprint density at radius 2 is 1.50 bits per heavy atom. The number of aliphatic imine (C=N–C) groups is 1. The van der Waals surface area contributed by atoms with E-state index in [1.165, 1.54) is 18.4 Å². The van der Waals surface area contributed by atoms with Crippen LogP contribution in [0.1, 0.15) is 16.7 Å². The van der Waals surface area contributed by atoms with Gasteiger partial charge in [0.15, 0.2) is 15.8 Å². The lowest BCUT2D eigenvalue weighted by atomic mass is 10.1. The van der Waals surface area contributed by atoms with E-state index in [2.05, 4.69) is 15.6 Å². The molecule has 0 radical (unpaired) electrons. The standard InChI is InChI=1S/C18H24N4O4S2/c1-13-10-15(6-9-17(13)27(3,23)24)12-22-18(20-2)21-11-14-4-7-16(8-5-14)28(19,25)26/h4-10H,11-12H2,1-3H3,(H2,19,25,26)(H2,20,21,22). The van der Waals surface area contributed by atoms with Gasteiger partial charge in [0.05, 0.1) is 9.79 Å². The summed E-state index contributed by atoms with van der Waals surface area (Å²) in [7, 11) is -5.31. The van der Waals surface area contributed by atoms with Crippen LogP contribution < -0.4 is 15.8 Å². The topological polar surface area (TPSA) is 131 Å². The minimum Gasteiger partial charge on any atom is -0.352 e. The molecule has 0 bridgehead atoms. The number of hydrogen-bond acceptors (Lipinski definition) is 5. The molecule has 2 rings (SSSR count). The number of sulfone groups is 1. The van der Waals surface area contributed by atoms with Crippen molar-refractivity contribution in [1.82, 2.24) is 10.6 Å². The zero-order chi connectivity index (χ0) is 20.9. The third-order valence-corrected chi connectivity index (χ3v) is 6.22. The average molecular weight is 425 g/mol. The number of primary sulfonamides is 1. The summed E-state index contributed by atoms with van der Waals surface area (Å²) >= 11 is 0. The lowest BCUT2D eigenvalue weighted by Crippen LogP contribution is -2.36. The number of benzene rings is 2. The fourth-order valence-corrected chi connectivity index (χ4v) is 4.10. The Labute approximate surface area is 165 Å². The zero-order valence-corrected chi connectivity index (χ0v) is 17.6. The van der Waals surface area contributed by atoms with Crippen LogP contribution in [0.5, 0.6) is 0 Å². The molecule has 0 saturated heterocycles. The molecule has 0 aliphatic rings. The summed E-state index contributed by atoms with van der Waals surface area (Å²) in [5.41, 5.74) is 2.48. The molecular formula is C18H24N4O4S2. The summed E-state index contributed by atoms with van der Waals surface area (Å²) in [6.45, 7) is 2.67. The monoisotopic (exact) mass is 424 g/mol. The molecule has 0 aliphatic carbocycles. The van der Waals surface area contributed by atoms with Crippen molar-refractivity contribution in [1.29, 1.82) is 0 Å². The van der Waals surface area contributed by atoms with E-state index < -0.39 is 19.9 Å². The summed E-state index contributed by atoms with van der Waals surface area (Å²) < 4.78 is 45.9. The first-order valence-corrected chi connectivity index (χ1v) is 11.8. The highest BCUT2D eigenvalue weighted by atomic mass is 32.2. The van der Waals surface area contributed by atoms with Crippen molar-refractivity contribution in [2.45, 2.75) is 29.8 Å². The first-order valence-electron chi connectivity index (χ1n) is 8.36. The molecule has 0 atom stereocenters. The van der Waals surface area contributed by atoms with Gasteiger partial charge in [-0.25, -0.2) is 22.0 Å². The lowest BCUT2D eigenvalue weighted by Gasteiger charge is -2.13. The van der Waals surface area contributed by atoms with Gasteiger partial charge in [0.1, 0.15) is 0 Å². The van der Waals surface area contributed by atoms with Gasteiger partial charge in [0.25, 0.3) is 0 Å². The van der Waals surface area contributed by atoms with Crippen molar-refractivity contribution in [2.24, 2.45) is 10.1 Å². The molecule has 28 heavy (non-hydrogen) atoms. The highest BCUT2D eigenvalue weighted by Gasteiger charge is 2.11. The number of hydrogen-bond donors (Lipinski definition) is 3. The van der Waals surface area contributed by atoms with Crippen LogP contribution in [0.3, 0.4) is 0 Å². The predicted molar refractivity (Wildman–Crippen MR) is 109 cm³/mol. The molecule has 0 amide bonds. The van der Waals surface area contributed by atoms with Crippen LogP contribution in [-0.4, -0.2) is 36.1 Å². The van der Waals surface area contributed by atoms with E-state index in [1.807, 2.05) is 6.07 Å². The Balaban J connectivity index is 1.96. The van der Waals surface area contributed by atoms with Gasteiger partial charge in [-0.1, -0.05) is 24.3 Å². The van der Waals surface area contributed by atoms with E-state index in [0.29, 0.717) is 29.5 Å². The normalized spacial score (nSPS) is 12.6. The summed E-state index contributed by atoms with van der Waals surface area (Å²) in [5.74, 6) is 0.556. The fourth-order valence-electron chi connectivity index (χ4n) is 2.63. The smallest absolute Gasteiger partial charge is 0.238 e. The van der Waals surface area contributed by atoms with Crippen LogP contribution in [0.4, 0.5) is 0 Å². The summed E-state index contributed by atoms with van der Waals surface area (Å²) in [5, 5.41) is 11.4. The lowest BCUT2D eigenvalue weighted by molar-refractivity contribution is 0.597. The average Bonchev–Trinajstić information content (AvgIpc) is 2.60. The second kappa shape index (κ2) is 8.72. The largest absolute Gasteiger partial charge is 0.352 e. The van der Waals surface area contributed by atoms with E-state index in [9.17, 15) is 16.8 Å². The van der Waals surface area contributed by atoms with Gasteiger partial charge in [0.2, 0.25) is 10.0 Å². The Kier molecular flexibility index (Phi) is 6.81. The van der Waals surface area contributed by atoms with Gasteiger partial charge in [-0.2, -0.15) is 0 Å². The van der Waals surface area contributed by atoms with Gasteiger partial charge in [-0.15, -0.1) is 0 Å². The maximum Gasteiger partial charge on any atom is 0.238 e. The molecule has 4 N–H and O–H groups in total. The molecule has 0 heterocycles. The summed E-state index contributed by atoms with van der Waals surface area (Å²) in [6.07, 6.45) is 1.19. The maximum absolute atomic E-state index is 11.7. The van der Waals surface area contributed by atoms with Crippen molar-refractivity contribution in [3.8, 4) is 0 Å². The number of rotatable bonds is 6. The fraction of sp³-hybridized carbons (Fsp3) is 0.278. The van der Waals surface area contributed by atoms with Gasteiger partial charge >= 0.3 is 0 Å². The SMILES string of the molecule is CN=C(NCc1ccc(S(N)(=O)=O)cc1)NCc1ccc(S(C)(=O)=O)c(C)c1. The summed E-state index contributed by atoms with van der Waals surface area (Å²) in [6, 6.07) is 11.4. The number of aryl methyl sites for hydroxylation is 1. The van der Waals surface area contributed by atoms with Gasteiger partial charge in [0, 0.05) is 26.4 Å². The molecule has 0 saturated carbocycles. The molecule has 2 aromatic rings. The van der Waals surface area contributed by atoms with E-state index in [-0.39, 0.29) is 4.90 Å². The molecule has 0 unspecified atom stereocenters. The molecule has 2 aromatic carbocycles. The highest BCUT2D eigenvalue weighted by molar-refractivity contribution is 7.90. The van der Waals surface area contributed by atoms with Crippen molar-refractivity contribution >= 4 is 25.8 Å². The quantitative estimate of drug-likeness (QED) is 0.467. The predicted octanol–water partition coefficient (Wildman–Crippen LogP) is 0.911. The highest BCUT2D eigenvalue weighted by Crippen LogP contribution is 2.16. The number of nitrogens with two attached hydrogens (primary N) is 1. The Bertz CT molecular complexity index is 1080. The van der Waals surface area contributed by atoms with Gasteiger partial charge < -0.3 is 10.6 Å². The van der Waals surface area contributed by atoms with Crippen molar-refractivity contribution in [3.05, 3.63) is 59.2 Å². The number of nitrogens with one attached hydrogen (secondary N) is 2. The third kappa shape index (κ3) is 6.04. The first-order chi connectivity index (χ1) is 13.0. The van der Waals surface area contributed by atoms with Crippen molar-refractivity contribution in [2.75, 3.05) is 13.3 Å². The van der Waals surface area contributed by atoms with Crippen LogP contribution in [-0.2, 0) is 33.0 Å². The third-order valence-electron chi connectivity index (χ3n) is 4.03. The number of guanidine groups is 1. The van der Waals surface area contributed by atoms with Crippen LogP contribution in [0.2, 0.25) is 0 Å². The first kappa shape index (κ1) is 21.9.